The van der Waals surface area contributed by atoms with Gasteiger partial charge in [-0.2, -0.15) is 0 Å². The molecule has 0 bridgehead atoms. The van der Waals surface area contributed by atoms with Crippen molar-refractivity contribution >= 4 is 16.9 Å². The van der Waals surface area contributed by atoms with Gasteiger partial charge in [-0.15, -0.1) is 0 Å². The zero-order valence-electron chi connectivity index (χ0n) is 9.72. The second-order valence-corrected chi connectivity index (χ2v) is 4.12. The van der Waals surface area contributed by atoms with Gasteiger partial charge in [-0.1, -0.05) is 6.07 Å². The van der Waals surface area contributed by atoms with Gasteiger partial charge in [0.2, 0.25) is 0 Å². The molecule has 3 rings (SSSR count). The van der Waals surface area contributed by atoms with E-state index in [9.17, 15) is 9.18 Å². The van der Waals surface area contributed by atoms with Gasteiger partial charge in [0.1, 0.15) is 5.82 Å². The minimum atomic E-state index is -1.02. The SMILES string of the molecule is O=C(O)c1ccnc(-c2cc3c(F)cccc3[nH]2)c1. The van der Waals surface area contributed by atoms with E-state index < -0.39 is 5.97 Å². The highest BCUT2D eigenvalue weighted by atomic mass is 19.1. The van der Waals surface area contributed by atoms with Crippen molar-refractivity contribution in [2.45, 2.75) is 0 Å². The number of rotatable bonds is 2. The number of hydrogen-bond acceptors (Lipinski definition) is 2. The minimum absolute atomic E-state index is 0.143. The van der Waals surface area contributed by atoms with E-state index in [2.05, 4.69) is 9.97 Å². The third kappa shape index (κ3) is 1.95. The molecular weight excluding hydrogens is 247 g/mol. The van der Waals surface area contributed by atoms with E-state index in [1.54, 1.807) is 18.2 Å². The molecule has 0 saturated heterocycles. The minimum Gasteiger partial charge on any atom is -0.478 e. The van der Waals surface area contributed by atoms with Gasteiger partial charge in [-0.05, 0) is 30.3 Å². The van der Waals surface area contributed by atoms with Gasteiger partial charge in [0, 0.05) is 17.1 Å². The quantitative estimate of drug-likeness (QED) is 0.740. The number of aromatic carboxylic acids is 1. The number of H-pyrrole nitrogens is 1. The summed E-state index contributed by atoms with van der Waals surface area (Å²) in [7, 11) is 0. The van der Waals surface area contributed by atoms with Gasteiger partial charge in [0.05, 0.1) is 17.0 Å². The van der Waals surface area contributed by atoms with Crippen LogP contribution < -0.4 is 0 Å². The number of hydrogen-bond donors (Lipinski definition) is 2. The normalized spacial score (nSPS) is 10.8. The van der Waals surface area contributed by atoms with Crippen molar-refractivity contribution in [1.82, 2.24) is 9.97 Å². The van der Waals surface area contributed by atoms with Crippen LogP contribution in [0.1, 0.15) is 10.4 Å². The van der Waals surface area contributed by atoms with Crippen LogP contribution in [0, 0.1) is 5.82 Å². The fourth-order valence-electron chi connectivity index (χ4n) is 1.97. The number of carboxylic acid groups (broad SMARTS) is 1. The summed E-state index contributed by atoms with van der Waals surface area (Å²) in [6.07, 6.45) is 1.42. The number of pyridine rings is 1. The van der Waals surface area contributed by atoms with E-state index in [1.165, 1.54) is 24.4 Å². The first-order valence-corrected chi connectivity index (χ1v) is 5.62. The molecule has 0 amide bonds. The zero-order valence-corrected chi connectivity index (χ0v) is 9.72. The molecule has 19 heavy (non-hydrogen) atoms. The summed E-state index contributed by atoms with van der Waals surface area (Å²) in [5, 5.41) is 9.40. The molecule has 0 radical (unpaired) electrons. The van der Waals surface area contributed by atoms with Crippen LogP contribution in [0.25, 0.3) is 22.3 Å². The van der Waals surface area contributed by atoms with E-state index >= 15 is 0 Å². The number of aromatic amines is 1. The molecule has 2 heterocycles. The average molecular weight is 256 g/mol. The van der Waals surface area contributed by atoms with Crippen LogP contribution >= 0.6 is 0 Å². The fourth-order valence-corrected chi connectivity index (χ4v) is 1.97. The maximum Gasteiger partial charge on any atom is 0.335 e. The van der Waals surface area contributed by atoms with E-state index in [0.29, 0.717) is 22.3 Å². The maximum absolute atomic E-state index is 13.6. The van der Waals surface area contributed by atoms with Crippen LogP contribution in [-0.2, 0) is 0 Å². The lowest BCUT2D eigenvalue weighted by molar-refractivity contribution is 0.0697. The molecule has 0 fully saturated rings. The summed E-state index contributed by atoms with van der Waals surface area (Å²) in [4.78, 5) is 18.0. The smallest absolute Gasteiger partial charge is 0.335 e. The molecule has 4 nitrogen and oxygen atoms in total. The standard InChI is InChI=1S/C14H9FN2O2/c15-10-2-1-3-11-9(10)7-13(17-11)12-6-8(14(18)19)4-5-16-12/h1-7,17H,(H,18,19). The van der Waals surface area contributed by atoms with Gasteiger partial charge >= 0.3 is 5.97 Å². The van der Waals surface area contributed by atoms with Gasteiger partial charge < -0.3 is 10.1 Å². The summed E-state index contributed by atoms with van der Waals surface area (Å²) in [5.41, 5.74) is 1.85. The first kappa shape index (κ1) is 11.4. The van der Waals surface area contributed by atoms with Crippen molar-refractivity contribution in [3.8, 4) is 11.4 Å². The molecule has 0 aliphatic carbocycles. The zero-order chi connectivity index (χ0) is 13.4. The Morgan fingerprint density at radius 2 is 2.11 bits per heavy atom. The summed E-state index contributed by atoms with van der Waals surface area (Å²) in [5.74, 6) is -1.35. The van der Waals surface area contributed by atoms with E-state index in [-0.39, 0.29) is 11.4 Å². The van der Waals surface area contributed by atoms with Crippen molar-refractivity contribution in [3.05, 3.63) is 54.0 Å². The van der Waals surface area contributed by atoms with Gasteiger partial charge in [-0.25, -0.2) is 9.18 Å². The number of carbonyl (C=O) groups is 1. The third-order valence-corrected chi connectivity index (χ3v) is 2.89. The Labute approximate surface area is 107 Å². The monoisotopic (exact) mass is 256 g/mol. The number of nitrogens with one attached hydrogen (secondary N) is 1. The highest BCUT2D eigenvalue weighted by Gasteiger charge is 2.10. The average Bonchev–Trinajstić information content (AvgIpc) is 2.84. The second-order valence-electron chi connectivity index (χ2n) is 4.12. The largest absolute Gasteiger partial charge is 0.478 e. The van der Waals surface area contributed by atoms with Crippen LogP contribution in [0.4, 0.5) is 4.39 Å². The van der Waals surface area contributed by atoms with E-state index in [0.717, 1.165) is 0 Å². The predicted octanol–water partition coefficient (Wildman–Crippen LogP) is 3.07. The van der Waals surface area contributed by atoms with Crippen LogP contribution in [0.5, 0.6) is 0 Å². The molecule has 94 valence electrons. The number of benzene rings is 1. The lowest BCUT2D eigenvalue weighted by Crippen LogP contribution is -1.97. The maximum atomic E-state index is 13.6. The van der Waals surface area contributed by atoms with Gasteiger partial charge in [-0.3, -0.25) is 4.98 Å². The first-order chi connectivity index (χ1) is 9.15. The highest BCUT2D eigenvalue weighted by molar-refractivity contribution is 5.90. The molecule has 1 aromatic carbocycles. The highest BCUT2D eigenvalue weighted by Crippen LogP contribution is 2.25. The molecule has 2 N–H and O–H groups in total. The van der Waals surface area contributed by atoms with Crippen LogP contribution in [0.3, 0.4) is 0 Å². The summed E-state index contributed by atoms with van der Waals surface area (Å²) in [6.45, 7) is 0. The molecule has 0 unspecified atom stereocenters. The first-order valence-electron chi connectivity index (χ1n) is 5.62. The number of nitrogens with zero attached hydrogens (tertiary/aromatic N) is 1. The molecule has 0 atom stereocenters. The van der Waals surface area contributed by atoms with Crippen molar-refractivity contribution < 1.29 is 14.3 Å². The topological polar surface area (TPSA) is 66.0 Å². The van der Waals surface area contributed by atoms with Gasteiger partial charge in [0.15, 0.2) is 0 Å². The lowest BCUT2D eigenvalue weighted by atomic mass is 10.2. The van der Waals surface area contributed by atoms with E-state index in [4.69, 9.17) is 5.11 Å². The lowest BCUT2D eigenvalue weighted by Gasteiger charge is -1.98. The van der Waals surface area contributed by atoms with Crippen LogP contribution in [0.2, 0.25) is 0 Å². The number of aromatic nitrogens is 2. The molecule has 0 aliphatic rings. The number of carboxylic acids is 1. The van der Waals surface area contributed by atoms with Crippen molar-refractivity contribution in [2.75, 3.05) is 0 Å². The summed E-state index contributed by atoms with van der Waals surface area (Å²) < 4.78 is 13.6. The Morgan fingerprint density at radius 3 is 2.84 bits per heavy atom. The molecule has 3 aromatic rings. The molecule has 2 aromatic heterocycles. The van der Waals surface area contributed by atoms with Crippen molar-refractivity contribution in [1.29, 1.82) is 0 Å². The summed E-state index contributed by atoms with van der Waals surface area (Å²) in [6, 6.07) is 9.22. The Bertz CT molecular complexity index is 780. The summed E-state index contributed by atoms with van der Waals surface area (Å²) >= 11 is 0. The molecule has 0 saturated carbocycles. The molecule has 0 aliphatic heterocycles. The Morgan fingerprint density at radius 1 is 1.26 bits per heavy atom. The number of halogens is 1. The van der Waals surface area contributed by atoms with Crippen molar-refractivity contribution in [2.24, 2.45) is 0 Å². The third-order valence-electron chi connectivity index (χ3n) is 2.89. The molecular formula is C14H9FN2O2. The van der Waals surface area contributed by atoms with Crippen LogP contribution in [-0.4, -0.2) is 21.0 Å². The second kappa shape index (κ2) is 4.20. The fraction of sp³-hybridized carbons (Fsp3) is 0. The van der Waals surface area contributed by atoms with Crippen LogP contribution in [0.15, 0.2) is 42.6 Å². The van der Waals surface area contributed by atoms with Gasteiger partial charge in [0.25, 0.3) is 0 Å². The molecule has 5 heteroatoms. The van der Waals surface area contributed by atoms with Crippen molar-refractivity contribution in [3.63, 3.8) is 0 Å². The predicted molar refractivity (Wildman–Crippen MR) is 68.4 cm³/mol. The Kier molecular flexibility index (Phi) is 2.52. The molecule has 0 spiro atoms. The Balaban J connectivity index is 2.16. The van der Waals surface area contributed by atoms with E-state index in [1.807, 2.05) is 0 Å². The Hall–Kier alpha value is -2.69. The number of fused-ring (bicyclic) bond motifs is 1.